The van der Waals surface area contributed by atoms with Crippen LogP contribution in [-0.4, -0.2) is 31.1 Å². The van der Waals surface area contributed by atoms with Crippen molar-refractivity contribution in [2.75, 3.05) is 18.4 Å². The molecule has 0 aromatic heterocycles. The Morgan fingerprint density at radius 2 is 1.96 bits per heavy atom. The van der Waals surface area contributed by atoms with Crippen LogP contribution in [0, 0.1) is 6.92 Å². The highest BCUT2D eigenvalue weighted by Crippen LogP contribution is 2.27. The average molecular weight is 339 g/mol. The summed E-state index contributed by atoms with van der Waals surface area (Å²) in [5, 5.41) is 8.01. The summed E-state index contributed by atoms with van der Waals surface area (Å²) in [4.78, 5) is 23.7. The summed E-state index contributed by atoms with van der Waals surface area (Å²) in [5.41, 5.74) is 2.89. The smallest absolute Gasteiger partial charge is 0.319 e. The van der Waals surface area contributed by atoms with Crippen molar-refractivity contribution >= 4 is 17.6 Å². The third-order valence-corrected chi connectivity index (χ3v) is 3.93. The van der Waals surface area contributed by atoms with Gasteiger partial charge in [-0.25, -0.2) is 4.79 Å². The van der Waals surface area contributed by atoms with Crippen molar-refractivity contribution in [2.45, 2.75) is 19.4 Å². The molecular formula is C19H21N3O3. The number of carbonyl (C=O) groups is 2. The van der Waals surface area contributed by atoms with Gasteiger partial charge in [0.25, 0.3) is 0 Å². The standard InChI is InChI=1S/C19H21N3O3/c1-13-5-4-7-15(9-13)22-19(24)21-12-18(23)20-11-16-10-14-6-2-3-8-17(14)25-16/h2-9,16H,10-12H2,1H3,(H,20,23)(H2,21,22,24)/t16-/m0/s1. The van der Waals surface area contributed by atoms with E-state index in [1.807, 2.05) is 49.4 Å². The summed E-state index contributed by atoms with van der Waals surface area (Å²) < 4.78 is 5.76. The molecule has 25 heavy (non-hydrogen) atoms. The minimum absolute atomic E-state index is 0.0672. The van der Waals surface area contributed by atoms with Crippen LogP contribution in [0.3, 0.4) is 0 Å². The first-order valence-corrected chi connectivity index (χ1v) is 8.23. The molecule has 0 spiro atoms. The van der Waals surface area contributed by atoms with Gasteiger partial charge in [-0.15, -0.1) is 0 Å². The van der Waals surface area contributed by atoms with Gasteiger partial charge in [0.05, 0.1) is 13.1 Å². The van der Waals surface area contributed by atoms with Crippen LogP contribution < -0.4 is 20.7 Å². The number of ether oxygens (including phenoxy) is 1. The summed E-state index contributed by atoms with van der Waals surface area (Å²) >= 11 is 0. The minimum atomic E-state index is -0.412. The van der Waals surface area contributed by atoms with E-state index in [1.165, 1.54) is 0 Å². The van der Waals surface area contributed by atoms with Crippen LogP contribution in [0.1, 0.15) is 11.1 Å². The van der Waals surface area contributed by atoms with Gasteiger partial charge in [-0.2, -0.15) is 0 Å². The van der Waals surface area contributed by atoms with E-state index < -0.39 is 6.03 Å². The Labute approximate surface area is 146 Å². The highest BCUT2D eigenvalue weighted by atomic mass is 16.5. The molecule has 6 heteroatoms. The SMILES string of the molecule is Cc1cccc(NC(=O)NCC(=O)NC[C@@H]2Cc3ccccc3O2)c1. The summed E-state index contributed by atoms with van der Waals surface area (Å²) in [6.45, 7) is 2.27. The second-order valence-corrected chi connectivity index (χ2v) is 6.03. The Hall–Kier alpha value is -3.02. The van der Waals surface area contributed by atoms with Crippen LogP contribution in [0.25, 0.3) is 0 Å². The normalized spacial score (nSPS) is 15.0. The lowest BCUT2D eigenvalue weighted by Gasteiger charge is -2.12. The van der Waals surface area contributed by atoms with Gasteiger partial charge in [-0.05, 0) is 36.2 Å². The Bertz CT molecular complexity index is 751. The number of urea groups is 1. The number of hydrogen-bond acceptors (Lipinski definition) is 3. The quantitative estimate of drug-likeness (QED) is 0.782. The van der Waals surface area contributed by atoms with Gasteiger partial charge in [-0.1, -0.05) is 30.3 Å². The molecule has 1 heterocycles. The van der Waals surface area contributed by atoms with E-state index in [0.717, 1.165) is 23.3 Å². The molecule has 2 aromatic rings. The molecule has 3 amide bonds. The molecule has 6 nitrogen and oxygen atoms in total. The van der Waals surface area contributed by atoms with Gasteiger partial charge in [0.2, 0.25) is 5.91 Å². The highest BCUT2D eigenvalue weighted by molar-refractivity contribution is 5.92. The fourth-order valence-electron chi connectivity index (χ4n) is 2.72. The second-order valence-electron chi connectivity index (χ2n) is 6.03. The van der Waals surface area contributed by atoms with Gasteiger partial charge in [0.1, 0.15) is 11.9 Å². The highest BCUT2D eigenvalue weighted by Gasteiger charge is 2.22. The van der Waals surface area contributed by atoms with Crippen LogP contribution >= 0.6 is 0 Å². The molecule has 3 rings (SSSR count). The molecule has 3 N–H and O–H groups in total. The maximum absolute atomic E-state index is 11.9. The van der Waals surface area contributed by atoms with Crippen molar-refractivity contribution < 1.29 is 14.3 Å². The Morgan fingerprint density at radius 1 is 1.12 bits per heavy atom. The molecule has 1 aliphatic rings. The third-order valence-electron chi connectivity index (χ3n) is 3.93. The number of benzene rings is 2. The number of aryl methyl sites for hydroxylation is 1. The van der Waals surface area contributed by atoms with Gasteiger partial charge in [0.15, 0.2) is 0 Å². The number of rotatable bonds is 5. The molecule has 0 aliphatic carbocycles. The monoisotopic (exact) mass is 339 g/mol. The summed E-state index contributed by atoms with van der Waals surface area (Å²) in [6, 6.07) is 14.9. The molecule has 0 saturated heterocycles. The van der Waals surface area contributed by atoms with Crippen LogP contribution in [0.5, 0.6) is 5.75 Å². The van der Waals surface area contributed by atoms with Gasteiger partial charge >= 0.3 is 6.03 Å². The van der Waals surface area contributed by atoms with Crippen molar-refractivity contribution in [2.24, 2.45) is 0 Å². The van der Waals surface area contributed by atoms with E-state index in [-0.39, 0.29) is 18.6 Å². The van der Waals surface area contributed by atoms with Crippen molar-refractivity contribution in [3.8, 4) is 5.75 Å². The van der Waals surface area contributed by atoms with Crippen molar-refractivity contribution in [3.05, 3.63) is 59.7 Å². The molecule has 130 valence electrons. The minimum Gasteiger partial charge on any atom is -0.488 e. The summed E-state index contributed by atoms with van der Waals surface area (Å²) in [7, 11) is 0. The lowest BCUT2D eigenvalue weighted by molar-refractivity contribution is -0.120. The Morgan fingerprint density at radius 3 is 2.76 bits per heavy atom. The lowest BCUT2D eigenvalue weighted by Crippen LogP contribution is -2.42. The average Bonchev–Trinajstić information content (AvgIpc) is 3.01. The predicted octanol–water partition coefficient (Wildman–Crippen LogP) is 2.24. The van der Waals surface area contributed by atoms with Gasteiger partial charge in [-0.3, -0.25) is 4.79 Å². The molecule has 0 bridgehead atoms. The molecule has 0 radical (unpaired) electrons. The zero-order valence-electron chi connectivity index (χ0n) is 14.0. The largest absolute Gasteiger partial charge is 0.488 e. The third kappa shape index (κ3) is 4.73. The van der Waals surface area contributed by atoms with Crippen molar-refractivity contribution in [1.82, 2.24) is 10.6 Å². The lowest BCUT2D eigenvalue weighted by atomic mass is 10.1. The summed E-state index contributed by atoms with van der Waals surface area (Å²) in [5.74, 6) is 0.622. The number of anilines is 1. The molecule has 0 fully saturated rings. The number of hydrogen-bond donors (Lipinski definition) is 3. The van der Waals surface area contributed by atoms with E-state index in [2.05, 4.69) is 16.0 Å². The summed E-state index contributed by atoms with van der Waals surface area (Å²) in [6.07, 6.45) is 0.708. The molecule has 1 aliphatic heterocycles. The first-order valence-electron chi connectivity index (χ1n) is 8.23. The molecule has 0 saturated carbocycles. The number of amides is 3. The molecular weight excluding hydrogens is 318 g/mol. The number of fused-ring (bicyclic) bond motifs is 1. The van der Waals surface area contributed by atoms with E-state index in [1.54, 1.807) is 6.07 Å². The second kappa shape index (κ2) is 7.70. The van der Waals surface area contributed by atoms with Crippen LogP contribution in [0.4, 0.5) is 10.5 Å². The van der Waals surface area contributed by atoms with E-state index in [4.69, 9.17) is 4.74 Å². The number of nitrogens with one attached hydrogen (secondary N) is 3. The molecule has 1 atom stereocenters. The van der Waals surface area contributed by atoms with Crippen LogP contribution in [0.15, 0.2) is 48.5 Å². The fraction of sp³-hybridized carbons (Fsp3) is 0.263. The number of para-hydroxylation sites is 1. The topological polar surface area (TPSA) is 79.5 Å². The van der Waals surface area contributed by atoms with Gasteiger partial charge < -0.3 is 20.7 Å². The fourth-order valence-corrected chi connectivity index (χ4v) is 2.72. The van der Waals surface area contributed by atoms with Crippen molar-refractivity contribution in [3.63, 3.8) is 0 Å². The number of carbonyl (C=O) groups excluding carboxylic acids is 2. The maximum atomic E-state index is 11.9. The van der Waals surface area contributed by atoms with Crippen LogP contribution in [-0.2, 0) is 11.2 Å². The zero-order valence-corrected chi connectivity index (χ0v) is 14.0. The van der Waals surface area contributed by atoms with E-state index >= 15 is 0 Å². The van der Waals surface area contributed by atoms with E-state index in [0.29, 0.717) is 12.2 Å². The Balaban J connectivity index is 1.36. The zero-order chi connectivity index (χ0) is 17.6. The van der Waals surface area contributed by atoms with Crippen LogP contribution in [0.2, 0.25) is 0 Å². The predicted molar refractivity (Wildman–Crippen MR) is 95.8 cm³/mol. The van der Waals surface area contributed by atoms with Crippen molar-refractivity contribution in [1.29, 1.82) is 0 Å². The maximum Gasteiger partial charge on any atom is 0.319 e. The molecule has 0 unspecified atom stereocenters. The first kappa shape index (κ1) is 16.8. The first-order chi connectivity index (χ1) is 12.1. The van der Waals surface area contributed by atoms with E-state index in [9.17, 15) is 9.59 Å². The van der Waals surface area contributed by atoms with Gasteiger partial charge in [0, 0.05) is 12.1 Å². The Kier molecular flexibility index (Phi) is 5.18. The molecule has 2 aromatic carbocycles.